The van der Waals surface area contributed by atoms with Gasteiger partial charge in [-0.15, -0.1) is 0 Å². The average molecular weight is 365 g/mol. The van der Waals surface area contributed by atoms with Crippen molar-refractivity contribution in [3.8, 4) is 0 Å². The first-order valence-corrected chi connectivity index (χ1v) is 9.72. The molecule has 1 aromatic carbocycles. The van der Waals surface area contributed by atoms with E-state index in [0.717, 1.165) is 11.3 Å². The molecule has 0 radical (unpaired) electrons. The minimum atomic E-state index is -3.63. The van der Waals surface area contributed by atoms with Gasteiger partial charge in [-0.3, -0.25) is 0 Å². The summed E-state index contributed by atoms with van der Waals surface area (Å²) >= 11 is 0. The SMILES string of the molecule is O=S(=O)(N1CCOCC1)N1CCn2cccc2C1c1ccc(F)cc1. The lowest BCUT2D eigenvalue weighted by molar-refractivity contribution is 0.0689. The molecule has 1 aromatic heterocycles. The van der Waals surface area contributed by atoms with Crippen molar-refractivity contribution in [2.45, 2.75) is 12.6 Å². The van der Waals surface area contributed by atoms with Crippen LogP contribution in [0.25, 0.3) is 0 Å². The topological polar surface area (TPSA) is 54.8 Å². The highest BCUT2D eigenvalue weighted by Crippen LogP contribution is 2.35. The van der Waals surface area contributed by atoms with Crippen molar-refractivity contribution in [3.05, 3.63) is 59.7 Å². The molecular formula is C17H20FN3O3S. The molecule has 0 N–H and O–H groups in total. The number of halogens is 1. The molecule has 25 heavy (non-hydrogen) atoms. The van der Waals surface area contributed by atoms with Crippen LogP contribution in [0.3, 0.4) is 0 Å². The lowest BCUT2D eigenvalue weighted by Gasteiger charge is -2.39. The molecule has 2 aliphatic heterocycles. The van der Waals surface area contributed by atoms with Crippen molar-refractivity contribution < 1.29 is 17.5 Å². The zero-order chi connectivity index (χ0) is 17.4. The van der Waals surface area contributed by atoms with E-state index in [9.17, 15) is 12.8 Å². The van der Waals surface area contributed by atoms with Crippen LogP contribution in [0, 0.1) is 5.82 Å². The summed E-state index contributed by atoms with van der Waals surface area (Å²) in [5, 5.41) is 0. The van der Waals surface area contributed by atoms with Gasteiger partial charge in [0.1, 0.15) is 5.82 Å². The summed E-state index contributed by atoms with van der Waals surface area (Å²) < 4.78 is 50.2. The van der Waals surface area contributed by atoms with Gasteiger partial charge >= 0.3 is 0 Å². The van der Waals surface area contributed by atoms with Gasteiger partial charge in [0.05, 0.1) is 19.3 Å². The van der Waals surface area contributed by atoms with Gasteiger partial charge in [0.15, 0.2) is 0 Å². The Kier molecular flexibility index (Phi) is 4.36. The van der Waals surface area contributed by atoms with E-state index in [1.807, 2.05) is 18.3 Å². The van der Waals surface area contributed by atoms with Gasteiger partial charge in [0, 0.05) is 38.1 Å². The summed E-state index contributed by atoms with van der Waals surface area (Å²) in [5.41, 5.74) is 1.66. The van der Waals surface area contributed by atoms with Gasteiger partial charge in [-0.25, -0.2) is 4.39 Å². The summed E-state index contributed by atoms with van der Waals surface area (Å²) in [6.45, 7) is 2.51. The molecule has 0 amide bonds. The highest BCUT2D eigenvalue weighted by molar-refractivity contribution is 7.86. The minimum Gasteiger partial charge on any atom is -0.379 e. The smallest absolute Gasteiger partial charge is 0.283 e. The summed E-state index contributed by atoms with van der Waals surface area (Å²) in [4.78, 5) is 0. The number of ether oxygens (including phenoxy) is 1. The van der Waals surface area contributed by atoms with Gasteiger partial charge < -0.3 is 9.30 Å². The van der Waals surface area contributed by atoms with Gasteiger partial charge in [0.25, 0.3) is 10.2 Å². The number of hydrogen-bond donors (Lipinski definition) is 0. The van der Waals surface area contributed by atoms with E-state index < -0.39 is 16.3 Å². The molecule has 8 heteroatoms. The number of rotatable bonds is 3. The maximum Gasteiger partial charge on any atom is 0.283 e. The second kappa shape index (κ2) is 6.53. The van der Waals surface area contributed by atoms with E-state index in [0.29, 0.717) is 39.4 Å². The maximum absolute atomic E-state index is 13.4. The zero-order valence-electron chi connectivity index (χ0n) is 13.7. The predicted octanol–water partition coefficient (Wildman–Crippen LogP) is 1.61. The highest BCUT2D eigenvalue weighted by atomic mass is 32.2. The van der Waals surface area contributed by atoms with Crippen LogP contribution in [-0.2, 0) is 21.5 Å². The van der Waals surface area contributed by atoms with Crippen molar-refractivity contribution in [2.24, 2.45) is 0 Å². The Labute approximate surface area is 146 Å². The summed E-state index contributed by atoms with van der Waals surface area (Å²) in [5.74, 6) is -0.336. The Morgan fingerprint density at radius 1 is 1.00 bits per heavy atom. The molecule has 3 heterocycles. The third kappa shape index (κ3) is 2.99. The number of fused-ring (bicyclic) bond motifs is 1. The first kappa shape index (κ1) is 16.7. The van der Waals surface area contributed by atoms with Crippen LogP contribution in [0.1, 0.15) is 17.3 Å². The van der Waals surface area contributed by atoms with Gasteiger partial charge in [-0.2, -0.15) is 17.0 Å². The number of benzene rings is 1. The molecule has 1 atom stereocenters. The molecule has 0 spiro atoms. The maximum atomic E-state index is 13.4. The molecule has 0 bridgehead atoms. The number of nitrogens with zero attached hydrogens (tertiary/aromatic N) is 3. The molecule has 0 saturated carbocycles. The standard InChI is InChI=1S/C17H20FN3O3S/c18-15-5-3-14(4-6-15)17-16-2-1-7-19(16)8-9-21(17)25(22,23)20-10-12-24-13-11-20/h1-7,17H,8-13H2. The Morgan fingerprint density at radius 3 is 2.44 bits per heavy atom. The minimum absolute atomic E-state index is 0.336. The third-order valence-electron chi connectivity index (χ3n) is 4.77. The zero-order valence-corrected chi connectivity index (χ0v) is 14.5. The molecule has 1 saturated heterocycles. The van der Waals surface area contributed by atoms with E-state index in [-0.39, 0.29) is 5.82 Å². The van der Waals surface area contributed by atoms with Gasteiger partial charge in [0.2, 0.25) is 0 Å². The van der Waals surface area contributed by atoms with Crippen LogP contribution in [0.15, 0.2) is 42.6 Å². The Bertz CT molecular complexity index is 844. The average Bonchev–Trinajstić information content (AvgIpc) is 3.11. The first-order chi connectivity index (χ1) is 12.1. The lowest BCUT2D eigenvalue weighted by Crippen LogP contribution is -2.52. The normalized spacial score (nSPS) is 22.7. The van der Waals surface area contributed by atoms with E-state index in [1.165, 1.54) is 20.7 Å². The molecule has 0 aliphatic carbocycles. The Balaban J connectivity index is 1.76. The monoisotopic (exact) mass is 365 g/mol. The van der Waals surface area contributed by atoms with Crippen LogP contribution in [0.2, 0.25) is 0 Å². The fourth-order valence-electron chi connectivity index (χ4n) is 3.52. The van der Waals surface area contributed by atoms with E-state index in [4.69, 9.17) is 4.74 Å². The molecule has 134 valence electrons. The van der Waals surface area contributed by atoms with Gasteiger partial charge in [-0.05, 0) is 29.8 Å². The van der Waals surface area contributed by atoms with Crippen molar-refractivity contribution >= 4 is 10.2 Å². The quantitative estimate of drug-likeness (QED) is 0.830. The summed E-state index contributed by atoms with van der Waals surface area (Å²) in [6, 6.07) is 9.44. The third-order valence-corrected chi connectivity index (χ3v) is 6.78. The predicted molar refractivity (Wildman–Crippen MR) is 90.7 cm³/mol. The van der Waals surface area contributed by atoms with Crippen molar-refractivity contribution in [3.63, 3.8) is 0 Å². The largest absolute Gasteiger partial charge is 0.379 e. The Morgan fingerprint density at radius 2 is 1.72 bits per heavy atom. The van der Waals surface area contributed by atoms with Crippen LogP contribution >= 0.6 is 0 Å². The fourth-order valence-corrected chi connectivity index (χ4v) is 5.23. The molecule has 1 fully saturated rings. The fraction of sp³-hybridized carbons (Fsp3) is 0.412. The highest BCUT2D eigenvalue weighted by Gasteiger charge is 2.40. The molecule has 6 nitrogen and oxygen atoms in total. The van der Waals surface area contributed by atoms with Crippen molar-refractivity contribution in [2.75, 3.05) is 32.8 Å². The molecule has 2 aliphatic rings. The lowest BCUT2D eigenvalue weighted by atomic mass is 10.0. The van der Waals surface area contributed by atoms with Crippen LogP contribution in [0.5, 0.6) is 0 Å². The second-order valence-electron chi connectivity index (χ2n) is 6.21. The van der Waals surface area contributed by atoms with E-state index in [1.54, 1.807) is 12.1 Å². The molecule has 1 unspecified atom stereocenters. The van der Waals surface area contributed by atoms with Crippen LogP contribution < -0.4 is 0 Å². The summed E-state index contributed by atoms with van der Waals surface area (Å²) in [6.07, 6.45) is 1.95. The molecule has 4 rings (SSSR count). The number of morpholine rings is 1. The van der Waals surface area contributed by atoms with Crippen molar-refractivity contribution in [1.82, 2.24) is 13.2 Å². The van der Waals surface area contributed by atoms with E-state index >= 15 is 0 Å². The number of hydrogen-bond acceptors (Lipinski definition) is 3. The summed E-state index contributed by atoms with van der Waals surface area (Å²) in [7, 11) is -3.63. The second-order valence-corrected chi connectivity index (χ2v) is 8.09. The van der Waals surface area contributed by atoms with E-state index in [2.05, 4.69) is 4.57 Å². The van der Waals surface area contributed by atoms with Crippen LogP contribution in [0.4, 0.5) is 4.39 Å². The van der Waals surface area contributed by atoms with Crippen LogP contribution in [-0.4, -0.2) is 54.4 Å². The molecular weight excluding hydrogens is 345 g/mol. The van der Waals surface area contributed by atoms with Crippen molar-refractivity contribution in [1.29, 1.82) is 0 Å². The first-order valence-electron chi connectivity index (χ1n) is 8.32. The number of aromatic nitrogens is 1. The Hall–Kier alpha value is -1.74. The van der Waals surface area contributed by atoms with Gasteiger partial charge in [-0.1, -0.05) is 12.1 Å². The molecule has 2 aromatic rings.